The van der Waals surface area contributed by atoms with Crippen molar-refractivity contribution in [2.24, 2.45) is 5.73 Å². The number of hydrogen-bond acceptors (Lipinski definition) is 8. The summed E-state index contributed by atoms with van der Waals surface area (Å²) in [5, 5.41) is 0.512. The van der Waals surface area contributed by atoms with E-state index in [4.69, 9.17) is 19.3 Å². The highest BCUT2D eigenvalue weighted by Gasteiger charge is 2.41. The number of nitrogens with zero attached hydrogens (tertiary/aromatic N) is 2. The van der Waals surface area contributed by atoms with Crippen LogP contribution in [0.4, 0.5) is 0 Å². The minimum absolute atomic E-state index is 0.0230. The fourth-order valence-electron chi connectivity index (χ4n) is 4.38. The Labute approximate surface area is 241 Å². The molecule has 0 saturated carbocycles. The van der Waals surface area contributed by atoms with Crippen LogP contribution in [0.2, 0.25) is 37.8 Å². The van der Waals surface area contributed by atoms with Gasteiger partial charge < -0.3 is 24.2 Å². The molecule has 2 heterocycles. The summed E-state index contributed by atoms with van der Waals surface area (Å²) in [4.78, 5) is 45.3. The molecule has 0 spiro atoms. The van der Waals surface area contributed by atoms with Crippen LogP contribution in [-0.2, 0) is 25.2 Å². The lowest BCUT2D eigenvalue weighted by atomic mass is 10.1. The molecule has 1 saturated heterocycles. The third kappa shape index (κ3) is 8.83. The van der Waals surface area contributed by atoms with Crippen LogP contribution >= 0.6 is 0 Å². The molecule has 11 heteroatoms. The monoisotopic (exact) mass is 591 g/mol. The zero-order valence-electron chi connectivity index (χ0n) is 26.1. The molecule has 1 aliphatic heterocycles. The Kier molecular flexibility index (Phi) is 11.5. The fraction of sp³-hybridized carbons (Fsp3) is 0.655. The summed E-state index contributed by atoms with van der Waals surface area (Å²) in [6.45, 7) is 19.8. The van der Waals surface area contributed by atoms with Crippen molar-refractivity contribution in [3.05, 3.63) is 35.4 Å². The Morgan fingerprint density at radius 1 is 1.20 bits per heavy atom. The normalized spacial score (nSPS) is 17.9. The topological polar surface area (TPSA) is 125 Å². The molecule has 0 aliphatic carbocycles. The molecule has 224 valence electrons. The molecule has 1 aromatic rings. The van der Waals surface area contributed by atoms with Crippen LogP contribution in [0.5, 0.6) is 0 Å². The number of likely N-dealkylation sites (tertiary alicyclic amines) is 1. The Bertz CT molecular complexity index is 1130. The van der Waals surface area contributed by atoms with Crippen molar-refractivity contribution < 1.29 is 28.0 Å². The number of carbonyl (C=O) groups is 3. The number of oxazole rings is 1. The molecular formula is C29H49N3O6Si2. The van der Waals surface area contributed by atoms with Gasteiger partial charge in [-0.25, -0.2) is 9.78 Å². The molecule has 0 bridgehead atoms. The lowest BCUT2D eigenvalue weighted by Gasteiger charge is -2.38. The van der Waals surface area contributed by atoms with Gasteiger partial charge in [0.15, 0.2) is 14.0 Å². The number of methoxy groups -OCH3 is 1. The summed E-state index contributed by atoms with van der Waals surface area (Å²) >= 11 is 0. The van der Waals surface area contributed by atoms with Crippen LogP contribution in [0.1, 0.15) is 63.3 Å². The van der Waals surface area contributed by atoms with Gasteiger partial charge in [-0.3, -0.25) is 9.59 Å². The van der Waals surface area contributed by atoms with Crippen LogP contribution in [0.3, 0.4) is 0 Å². The largest absolute Gasteiger partial charge is 0.467 e. The van der Waals surface area contributed by atoms with Crippen molar-refractivity contribution in [1.29, 1.82) is 0 Å². The zero-order chi connectivity index (χ0) is 30.5. The van der Waals surface area contributed by atoms with Crippen molar-refractivity contribution in [2.45, 2.75) is 103 Å². The first kappa shape index (κ1) is 33.9. The molecular weight excluding hydrogens is 543 g/mol. The summed E-state index contributed by atoms with van der Waals surface area (Å²) in [6.07, 6.45) is 6.73. The van der Waals surface area contributed by atoms with Crippen molar-refractivity contribution in [2.75, 3.05) is 20.2 Å². The van der Waals surface area contributed by atoms with Gasteiger partial charge in [-0.1, -0.05) is 64.2 Å². The van der Waals surface area contributed by atoms with Crippen molar-refractivity contribution >= 4 is 39.4 Å². The Balaban J connectivity index is 2.33. The minimum atomic E-state index is -2.17. The number of ketones is 1. The first-order valence-electron chi connectivity index (χ1n) is 14.0. The second-order valence-electron chi connectivity index (χ2n) is 13.1. The number of ether oxygens (including phenoxy) is 1. The number of esters is 1. The van der Waals surface area contributed by atoms with Gasteiger partial charge in [0.25, 0.3) is 5.91 Å². The van der Waals surface area contributed by atoms with E-state index in [9.17, 15) is 14.4 Å². The van der Waals surface area contributed by atoms with E-state index in [-0.39, 0.29) is 41.2 Å². The maximum Gasteiger partial charge on any atom is 0.328 e. The third-order valence-corrected chi connectivity index (χ3v) is 13.7. The average molecular weight is 592 g/mol. The van der Waals surface area contributed by atoms with Crippen molar-refractivity contribution in [3.63, 3.8) is 0 Å². The summed E-state index contributed by atoms with van der Waals surface area (Å²) in [7, 11) is -3.00. The third-order valence-electron chi connectivity index (χ3n) is 7.54. The van der Waals surface area contributed by atoms with Crippen LogP contribution in [0.25, 0.3) is 0 Å². The van der Waals surface area contributed by atoms with Crippen LogP contribution in [0, 0.1) is 0 Å². The SMILES string of the molecule is COC(=O)[C@H]1CCCN1C(=O)c1nc(CC(=O)C[C@@H](/C=C(C)/C=C/CN)O[Si](C)(C)C(C)(C)C)oc1[Si](C)(C)C. The van der Waals surface area contributed by atoms with E-state index in [0.29, 0.717) is 31.3 Å². The average Bonchev–Trinajstić information content (AvgIpc) is 3.48. The number of nitrogens with two attached hydrogens (primary N) is 1. The summed E-state index contributed by atoms with van der Waals surface area (Å²) in [5.74, 6) is -0.658. The van der Waals surface area contributed by atoms with Gasteiger partial charge in [0.05, 0.1) is 19.6 Å². The zero-order valence-corrected chi connectivity index (χ0v) is 28.1. The summed E-state index contributed by atoms with van der Waals surface area (Å²) < 4.78 is 17.7. The summed E-state index contributed by atoms with van der Waals surface area (Å²) in [5.41, 5.74) is 6.78. The van der Waals surface area contributed by atoms with Gasteiger partial charge in [-0.15, -0.1) is 0 Å². The molecule has 2 N–H and O–H groups in total. The maximum absolute atomic E-state index is 13.6. The van der Waals surface area contributed by atoms with Gasteiger partial charge in [0.1, 0.15) is 25.3 Å². The molecule has 40 heavy (non-hydrogen) atoms. The number of carbonyl (C=O) groups excluding carboxylic acids is 3. The van der Waals surface area contributed by atoms with Gasteiger partial charge in [0, 0.05) is 19.5 Å². The highest BCUT2D eigenvalue weighted by Crippen LogP contribution is 2.38. The number of allylic oxidation sites excluding steroid dienone is 2. The number of Topliss-reactive ketones (excluding diaryl/α,β-unsaturated/α-hetero) is 1. The smallest absolute Gasteiger partial charge is 0.328 e. The molecule has 2 atom stereocenters. The predicted molar refractivity (Wildman–Crippen MR) is 163 cm³/mol. The van der Waals surface area contributed by atoms with Gasteiger partial charge >= 0.3 is 5.97 Å². The molecule has 0 aromatic carbocycles. The number of amides is 1. The van der Waals surface area contributed by atoms with Crippen LogP contribution in [-0.4, -0.2) is 76.3 Å². The number of hydrogen-bond donors (Lipinski definition) is 1. The quantitative estimate of drug-likeness (QED) is 0.216. The van der Waals surface area contributed by atoms with E-state index in [1.54, 1.807) is 0 Å². The molecule has 1 aliphatic rings. The first-order chi connectivity index (χ1) is 18.4. The highest BCUT2D eigenvalue weighted by molar-refractivity contribution is 6.88. The Morgan fingerprint density at radius 2 is 1.85 bits per heavy atom. The van der Waals surface area contributed by atoms with Gasteiger partial charge in [-0.2, -0.15) is 0 Å². The standard InChI is InChI=1S/C29H49N3O6Si2/c1-20(13-11-15-30)17-22(38-40(9,10)29(2,3)4)18-21(33)19-24-31-25(28(37-24)39(6,7)8)26(34)32-16-12-14-23(32)27(35)36-5/h11,13,17,22-23H,12,14-16,18-19,30H2,1-10H3/b13-11+,20-17+/t22-,23-/m1/s1. The van der Waals surface area contributed by atoms with E-state index >= 15 is 0 Å². The summed E-state index contributed by atoms with van der Waals surface area (Å²) in [6, 6.07) is -0.634. The van der Waals surface area contributed by atoms with E-state index in [1.807, 2.05) is 25.2 Å². The Morgan fingerprint density at radius 3 is 2.40 bits per heavy atom. The van der Waals surface area contributed by atoms with Gasteiger partial charge in [-0.05, 0) is 37.9 Å². The fourth-order valence-corrected chi connectivity index (χ4v) is 6.94. The lowest BCUT2D eigenvalue weighted by molar-refractivity contribution is -0.145. The highest BCUT2D eigenvalue weighted by atomic mass is 28.4. The lowest BCUT2D eigenvalue weighted by Crippen LogP contribution is -2.46. The maximum atomic E-state index is 13.6. The molecule has 1 aromatic heterocycles. The number of rotatable bonds is 12. The molecule has 0 radical (unpaired) electrons. The molecule has 1 fully saturated rings. The molecule has 9 nitrogen and oxygen atoms in total. The van der Waals surface area contributed by atoms with Crippen molar-refractivity contribution in [1.82, 2.24) is 9.88 Å². The molecule has 0 unspecified atom stereocenters. The van der Waals surface area contributed by atoms with E-state index in [0.717, 1.165) is 5.57 Å². The van der Waals surface area contributed by atoms with Crippen molar-refractivity contribution in [3.8, 4) is 0 Å². The number of aromatic nitrogens is 1. The second-order valence-corrected chi connectivity index (χ2v) is 22.8. The van der Waals surface area contributed by atoms with E-state index < -0.39 is 34.5 Å². The Hall–Kier alpha value is -2.35. The van der Waals surface area contributed by atoms with Crippen LogP contribution < -0.4 is 11.1 Å². The first-order valence-corrected chi connectivity index (χ1v) is 20.5. The van der Waals surface area contributed by atoms with Gasteiger partial charge in [0.2, 0.25) is 5.89 Å². The minimum Gasteiger partial charge on any atom is -0.467 e. The molecule has 2 rings (SSSR count). The second kappa shape index (κ2) is 13.5. The molecule has 1 amide bonds. The predicted octanol–water partition coefficient (Wildman–Crippen LogP) is 4.35. The van der Waals surface area contributed by atoms with E-state index in [2.05, 4.69) is 58.5 Å². The van der Waals surface area contributed by atoms with Crippen LogP contribution in [0.15, 0.2) is 28.2 Å². The van der Waals surface area contributed by atoms with E-state index in [1.165, 1.54) is 12.0 Å².